The van der Waals surface area contributed by atoms with E-state index in [2.05, 4.69) is 10.6 Å². The van der Waals surface area contributed by atoms with Gasteiger partial charge >= 0.3 is 6.03 Å². The minimum atomic E-state index is -1.000. The maximum Gasteiger partial charge on any atom is 0.315 e. The predicted molar refractivity (Wildman–Crippen MR) is 40.9 cm³/mol. The third-order valence-corrected chi connectivity index (χ3v) is 1.27. The zero-order valence-corrected chi connectivity index (χ0v) is 6.89. The molecule has 0 saturated carbocycles. The molecule has 5 nitrogen and oxygen atoms in total. The third-order valence-electron chi connectivity index (χ3n) is 1.27. The van der Waals surface area contributed by atoms with E-state index in [0.717, 1.165) is 0 Å². The number of nitrogens with one attached hydrogen (secondary N) is 2. The number of hydrogen-bond acceptors (Lipinski definition) is 2. The molecule has 3 amide bonds. The molecule has 0 fully saturated rings. The van der Waals surface area contributed by atoms with Crippen LogP contribution in [-0.4, -0.2) is 24.5 Å². The number of nitrogens with two attached hydrogens (primary N) is 1. The van der Waals surface area contributed by atoms with Crippen LogP contribution in [0.2, 0.25) is 0 Å². The van der Waals surface area contributed by atoms with E-state index in [0.29, 0.717) is 0 Å². The Kier molecular flexibility index (Phi) is 2.86. The highest BCUT2D eigenvalue weighted by Crippen LogP contribution is 1.98. The average Bonchev–Trinajstić information content (AvgIpc) is 1.86. The molecule has 0 aromatic heterocycles. The van der Waals surface area contributed by atoms with Crippen LogP contribution in [0.5, 0.6) is 0 Å². The number of rotatable bonds is 2. The van der Waals surface area contributed by atoms with Crippen molar-refractivity contribution in [2.75, 3.05) is 7.05 Å². The molecule has 0 bridgehead atoms. The van der Waals surface area contributed by atoms with Crippen LogP contribution >= 0.6 is 0 Å². The first-order valence-electron chi connectivity index (χ1n) is 3.20. The molecule has 0 unspecified atom stereocenters. The van der Waals surface area contributed by atoms with E-state index in [1.54, 1.807) is 0 Å². The van der Waals surface area contributed by atoms with Gasteiger partial charge < -0.3 is 16.4 Å². The van der Waals surface area contributed by atoms with E-state index in [-0.39, 0.29) is 0 Å². The van der Waals surface area contributed by atoms with Crippen molar-refractivity contribution in [2.45, 2.75) is 19.4 Å². The van der Waals surface area contributed by atoms with Crippen molar-refractivity contribution in [3.8, 4) is 0 Å². The molecule has 4 N–H and O–H groups in total. The third kappa shape index (κ3) is 2.88. The SMILES string of the molecule is CNC(=O)NC(C)(C)C(N)=O. The summed E-state index contributed by atoms with van der Waals surface area (Å²) in [4.78, 5) is 21.4. The van der Waals surface area contributed by atoms with Gasteiger partial charge in [0.25, 0.3) is 0 Å². The summed E-state index contributed by atoms with van der Waals surface area (Å²) in [5.41, 5.74) is 3.99. The predicted octanol–water partition coefficient (Wildman–Crippen LogP) is -0.821. The van der Waals surface area contributed by atoms with Gasteiger partial charge in [0.05, 0.1) is 0 Å². The monoisotopic (exact) mass is 159 g/mol. The van der Waals surface area contributed by atoms with Crippen LogP contribution in [-0.2, 0) is 4.79 Å². The van der Waals surface area contributed by atoms with Crippen LogP contribution < -0.4 is 16.4 Å². The van der Waals surface area contributed by atoms with Gasteiger partial charge in [0.2, 0.25) is 5.91 Å². The number of hydrogen-bond donors (Lipinski definition) is 3. The highest BCUT2D eigenvalue weighted by atomic mass is 16.2. The van der Waals surface area contributed by atoms with Crippen molar-refractivity contribution >= 4 is 11.9 Å². The Morgan fingerprint density at radius 2 is 1.82 bits per heavy atom. The van der Waals surface area contributed by atoms with Crippen LogP contribution in [0.15, 0.2) is 0 Å². The van der Waals surface area contributed by atoms with Gasteiger partial charge in [-0.15, -0.1) is 0 Å². The van der Waals surface area contributed by atoms with Crippen molar-refractivity contribution in [2.24, 2.45) is 5.73 Å². The maximum absolute atomic E-state index is 10.7. The molecule has 0 spiro atoms. The van der Waals surface area contributed by atoms with Gasteiger partial charge in [-0.05, 0) is 13.8 Å². The van der Waals surface area contributed by atoms with Gasteiger partial charge in [0, 0.05) is 7.05 Å². The van der Waals surface area contributed by atoms with Gasteiger partial charge in [-0.1, -0.05) is 0 Å². The molecule has 11 heavy (non-hydrogen) atoms. The lowest BCUT2D eigenvalue weighted by atomic mass is 10.1. The first-order valence-corrected chi connectivity index (χ1v) is 3.20. The quantitative estimate of drug-likeness (QED) is 0.491. The van der Waals surface area contributed by atoms with Crippen molar-refractivity contribution < 1.29 is 9.59 Å². The number of primary amides is 1. The van der Waals surface area contributed by atoms with Crippen molar-refractivity contribution in [3.63, 3.8) is 0 Å². The summed E-state index contributed by atoms with van der Waals surface area (Å²) in [5.74, 6) is -0.568. The fourth-order valence-electron chi connectivity index (χ4n) is 0.408. The standard InChI is InChI=1S/C6H13N3O2/c1-6(2,4(7)10)9-5(11)8-3/h1-3H3,(H2,7,10)(H2,8,9,11). The molecule has 5 heteroatoms. The van der Waals surface area contributed by atoms with E-state index >= 15 is 0 Å². The van der Waals surface area contributed by atoms with Gasteiger partial charge in [0.15, 0.2) is 0 Å². The highest BCUT2D eigenvalue weighted by molar-refractivity contribution is 5.88. The zero-order chi connectivity index (χ0) is 9.07. The summed E-state index contributed by atoms with van der Waals surface area (Å²) >= 11 is 0. The van der Waals surface area contributed by atoms with Crippen LogP contribution in [0.25, 0.3) is 0 Å². The molecule has 0 aliphatic rings. The lowest BCUT2D eigenvalue weighted by Gasteiger charge is -2.21. The first kappa shape index (κ1) is 9.74. The van der Waals surface area contributed by atoms with E-state index in [4.69, 9.17) is 5.73 Å². The van der Waals surface area contributed by atoms with E-state index < -0.39 is 17.5 Å². The Balaban J connectivity index is 4.12. The topological polar surface area (TPSA) is 84.2 Å². The molecule has 0 aliphatic heterocycles. The Bertz CT molecular complexity index is 177. The molecule has 0 aliphatic carbocycles. The lowest BCUT2D eigenvalue weighted by molar-refractivity contribution is -0.122. The second-order valence-corrected chi connectivity index (χ2v) is 2.69. The Morgan fingerprint density at radius 3 is 2.09 bits per heavy atom. The molecule has 0 aromatic rings. The second kappa shape index (κ2) is 3.23. The van der Waals surface area contributed by atoms with Crippen LogP contribution in [0, 0.1) is 0 Å². The molecule has 64 valence electrons. The van der Waals surface area contributed by atoms with E-state index in [1.165, 1.54) is 20.9 Å². The smallest absolute Gasteiger partial charge is 0.315 e. The zero-order valence-electron chi connectivity index (χ0n) is 6.89. The fourth-order valence-corrected chi connectivity index (χ4v) is 0.408. The summed E-state index contributed by atoms with van der Waals surface area (Å²) in [7, 11) is 1.46. The average molecular weight is 159 g/mol. The number of amides is 3. The Labute approximate surface area is 65.3 Å². The lowest BCUT2D eigenvalue weighted by Crippen LogP contribution is -2.55. The minimum absolute atomic E-state index is 0.422. The number of carbonyl (C=O) groups is 2. The highest BCUT2D eigenvalue weighted by Gasteiger charge is 2.25. The summed E-state index contributed by atoms with van der Waals surface area (Å²) in [6, 6.07) is -0.422. The van der Waals surface area contributed by atoms with Crippen molar-refractivity contribution in [1.29, 1.82) is 0 Å². The molecule has 0 saturated heterocycles. The van der Waals surface area contributed by atoms with Gasteiger partial charge in [-0.2, -0.15) is 0 Å². The van der Waals surface area contributed by atoms with E-state index in [9.17, 15) is 9.59 Å². The Hall–Kier alpha value is -1.26. The van der Waals surface area contributed by atoms with Gasteiger partial charge in [-0.25, -0.2) is 4.79 Å². The molecule has 0 radical (unpaired) electrons. The summed E-state index contributed by atoms with van der Waals surface area (Å²) < 4.78 is 0. The van der Waals surface area contributed by atoms with Gasteiger partial charge in [0.1, 0.15) is 5.54 Å². The van der Waals surface area contributed by atoms with E-state index in [1.807, 2.05) is 0 Å². The second-order valence-electron chi connectivity index (χ2n) is 2.69. The summed E-state index contributed by atoms with van der Waals surface area (Å²) in [6.45, 7) is 3.06. The van der Waals surface area contributed by atoms with Gasteiger partial charge in [-0.3, -0.25) is 4.79 Å². The largest absolute Gasteiger partial charge is 0.368 e. The molecule has 0 rings (SSSR count). The number of urea groups is 1. The molecule has 0 heterocycles. The summed E-state index contributed by atoms with van der Waals surface area (Å²) in [6.07, 6.45) is 0. The first-order chi connectivity index (χ1) is 4.90. The number of carbonyl (C=O) groups excluding carboxylic acids is 2. The molecular formula is C6H13N3O2. The Morgan fingerprint density at radius 1 is 1.36 bits per heavy atom. The summed E-state index contributed by atoms with van der Waals surface area (Å²) in [5, 5.41) is 4.70. The van der Waals surface area contributed by atoms with Crippen molar-refractivity contribution in [1.82, 2.24) is 10.6 Å². The van der Waals surface area contributed by atoms with Crippen LogP contribution in [0.1, 0.15) is 13.8 Å². The van der Waals surface area contributed by atoms with Crippen LogP contribution in [0.3, 0.4) is 0 Å². The molecule has 0 atom stereocenters. The maximum atomic E-state index is 10.7. The fraction of sp³-hybridized carbons (Fsp3) is 0.667. The van der Waals surface area contributed by atoms with Crippen molar-refractivity contribution in [3.05, 3.63) is 0 Å². The minimum Gasteiger partial charge on any atom is -0.368 e. The molecule has 0 aromatic carbocycles. The molecular weight excluding hydrogens is 146 g/mol. The van der Waals surface area contributed by atoms with Crippen LogP contribution in [0.4, 0.5) is 4.79 Å². The normalized spacial score (nSPS) is 10.5.